The molecule has 8 heteroatoms. The molecule has 1 aromatic rings. The summed E-state index contributed by atoms with van der Waals surface area (Å²) in [5.74, 6) is -1.90. The summed E-state index contributed by atoms with van der Waals surface area (Å²) in [5.41, 5.74) is -0.246. The normalized spacial score (nSPS) is 11.4. The molecule has 0 fully saturated rings. The Morgan fingerprint density at radius 3 is 2.56 bits per heavy atom. The lowest BCUT2D eigenvalue weighted by atomic mass is 10.2. The highest BCUT2D eigenvalue weighted by Crippen LogP contribution is 2.18. The van der Waals surface area contributed by atoms with Crippen LogP contribution in [0, 0.1) is 5.82 Å². The molecule has 1 aromatic heterocycles. The molecule has 0 bridgehead atoms. The molecule has 18 heavy (non-hydrogen) atoms. The van der Waals surface area contributed by atoms with Gasteiger partial charge in [0.15, 0.2) is 0 Å². The lowest BCUT2D eigenvalue weighted by Gasteiger charge is -2.22. The maximum atomic E-state index is 12.8. The Morgan fingerprint density at radius 1 is 1.39 bits per heavy atom. The first kappa shape index (κ1) is 14.7. The predicted octanol–water partition coefficient (Wildman–Crippen LogP) is 2.46. The van der Waals surface area contributed by atoms with Crippen molar-refractivity contribution in [1.29, 1.82) is 0 Å². The van der Waals surface area contributed by atoms with E-state index in [-0.39, 0.29) is 18.0 Å². The SMILES string of the molecule is O=C(c1cncc(F)c1)N(CCCl)CC(F)(F)F. The molecule has 1 rings (SSSR count). The quantitative estimate of drug-likeness (QED) is 0.628. The zero-order valence-electron chi connectivity index (χ0n) is 9.05. The molecule has 100 valence electrons. The fourth-order valence-corrected chi connectivity index (χ4v) is 1.49. The van der Waals surface area contributed by atoms with Gasteiger partial charge >= 0.3 is 6.18 Å². The summed E-state index contributed by atoms with van der Waals surface area (Å²) >= 11 is 5.34. The second-order valence-corrected chi connectivity index (χ2v) is 3.80. The molecule has 0 atom stereocenters. The van der Waals surface area contributed by atoms with Gasteiger partial charge in [-0.3, -0.25) is 9.78 Å². The van der Waals surface area contributed by atoms with Gasteiger partial charge < -0.3 is 4.90 Å². The molecule has 1 heterocycles. The highest BCUT2D eigenvalue weighted by atomic mass is 35.5. The monoisotopic (exact) mass is 284 g/mol. The summed E-state index contributed by atoms with van der Waals surface area (Å²) in [5, 5.41) is 0. The van der Waals surface area contributed by atoms with Gasteiger partial charge in [-0.1, -0.05) is 0 Å². The third kappa shape index (κ3) is 4.48. The minimum atomic E-state index is -4.54. The van der Waals surface area contributed by atoms with E-state index < -0.39 is 24.4 Å². The summed E-state index contributed by atoms with van der Waals surface area (Å²) in [4.78, 5) is 15.6. The number of aromatic nitrogens is 1. The van der Waals surface area contributed by atoms with Crippen LogP contribution in [0.2, 0.25) is 0 Å². The van der Waals surface area contributed by atoms with Gasteiger partial charge in [-0.2, -0.15) is 13.2 Å². The zero-order chi connectivity index (χ0) is 13.8. The van der Waals surface area contributed by atoms with Gasteiger partial charge in [-0.05, 0) is 6.07 Å². The maximum absolute atomic E-state index is 12.8. The van der Waals surface area contributed by atoms with E-state index in [0.717, 1.165) is 18.5 Å². The lowest BCUT2D eigenvalue weighted by molar-refractivity contribution is -0.140. The molecule has 1 amide bonds. The van der Waals surface area contributed by atoms with Gasteiger partial charge in [-0.15, -0.1) is 11.6 Å². The van der Waals surface area contributed by atoms with Gasteiger partial charge in [0.25, 0.3) is 5.91 Å². The van der Waals surface area contributed by atoms with E-state index in [1.807, 2.05) is 0 Å². The van der Waals surface area contributed by atoms with Crippen molar-refractivity contribution in [3.63, 3.8) is 0 Å². The van der Waals surface area contributed by atoms with Crippen molar-refractivity contribution in [2.24, 2.45) is 0 Å². The summed E-state index contributed by atoms with van der Waals surface area (Å²) in [6, 6.07) is 0.826. The van der Waals surface area contributed by atoms with Crippen LogP contribution in [-0.2, 0) is 0 Å². The number of amides is 1. The van der Waals surface area contributed by atoms with Crippen LogP contribution in [0.3, 0.4) is 0 Å². The van der Waals surface area contributed by atoms with E-state index in [9.17, 15) is 22.4 Å². The van der Waals surface area contributed by atoms with E-state index in [1.165, 1.54) is 0 Å². The van der Waals surface area contributed by atoms with E-state index >= 15 is 0 Å². The van der Waals surface area contributed by atoms with E-state index in [1.54, 1.807) is 0 Å². The number of nitrogens with zero attached hydrogens (tertiary/aromatic N) is 2. The molecular weight excluding hydrogens is 276 g/mol. The summed E-state index contributed by atoms with van der Waals surface area (Å²) in [6.45, 7) is -1.72. The second kappa shape index (κ2) is 5.99. The highest BCUT2D eigenvalue weighted by Gasteiger charge is 2.33. The number of hydrogen-bond donors (Lipinski definition) is 0. The molecule has 3 nitrogen and oxygen atoms in total. The van der Waals surface area contributed by atoms with Crippen LogP contribution in [0.15, 0.2) is 18.5 Å². The van der Waals surface area contributed by atoms with E-state index in [2.05, 4.69) is 4.98 Å². The number of rotatable bonds is 4. The Morgan fingerprint density at radius 2 is 2.06 bits per heavy atom. The van der Waals surface area contributed by atoms with Crippen LogP contribution in [0.25, 0.3) is 0 Å². The van der Waals surface area contributed by atoms with Gasteiger partial charge in [-0.25, -0.2) is 4.39 Å². The van der Waals surface area contributed by atoms with Crippen molar-refractivity contribution in [2.45, 2.75) is 6.18 Å². The number of pyridine rings is 1. The zero-order valence-corrected chi connectivity index (χ0v) is 9.80. The van der Waals surface area contributed by atoms with Crippen LogP contribution < -0.4 is 0 Å². The third-order valence-corrected chi connectivity index (χ3v) is 2.13. The van der Waals surface area contributed by atoms with Crippen molar-refractivity contribution in [1.82, 2.24) is 9.88 Å². The van der Waals surface area contributed by atoms with Gasteiger partial charge in [0.1, 0.15) is 12.4 Å². The average Bonchev–Trinajstić information content (AvgIpc) is 2.26. The Balaban J connectivity index is 2.89. The maximum Gasteiger partial charge on any atom is 0.406 e. The Bertz CT molecular complexity index is 425. The smallest absolute Gasteiger partial charge is 0.328 e. The van der Waals surface area contributed by atoms with Crippen LogP contribution in [0.5, 0.6) is 0 Å². The van der Waals surface area contributed by atoms with Crippen LogP contribution >= 0.6 is 11.6 Å². The predicted molar refractivity (Wildman–Crippen MR) is 56.9 cm³/mol. The van der Waals surface area contributed by atoms with Crippen molar-refractivity contribution >= 4 is 17.5 Å². The van der Waals surface area contributed by atoms with Gasteiger partial charge in [0.2, 0.25) is 0 Å². The largest absolute Gasteiger partial charge is 0.406 e. The first-order valence-electron chi connectivity index (χ1n) is 4.86. The topological polar surface area (TPSA) is 33.2 Å². The third-order valence-electron chi connectivity index (χ3n) is 1.96. The van der Waals surface area contributed by atoms with E-state index in [0.29, 0.717) is 4.90 Å². The number of alkyl halides is 4. The first-order chi connectivity index (χ1) is 8.33. The number of carbonyl (C=O) groups is 1. The number of carbonyl (C=O) groups excluding carboxylic acids is 1. The molecule has 0 aliphatic carbocycles. The minimum absolute atomic E-state index is 0.148. The molecular formula is C10H9ClF4N2O. The molecule has 0 saturated heterocycles. The van der Waals surface area contributed by atoms with Crippen LogP contribution in [0.4, 0.5) is 17.6 Å². The van der Waals surface area contributed by atoms with Crippen molar-refractivity contribution in [3.05, 3.63) is 29.8 Å². The summed E-state index contributed by atoms with van der Waals surface area (Å²) in [7, 11) is 0. The average molecular weight is 285 g/mol. The second-order valence-electron chi connectivity index (χ2n) is 3.42. The fraction of sp³-hybridized carbons (Fsp3) is 0.400. The molecule has 0 radical (unpaired) electrons. The number of halogens is 5. The van der Waals surface area contributed by atoms with Crippen LogP contribution in [0.1, 0.15) is 10.4 Å². The first-order valence-corrected chi connectivity index (χ1v) is 5.39. The molecule has 0 spiro atoms. The van der Waals surface area contributed by atoms with Crippen molar-refractivity contribution < 1.29 is 22.4 Å². The van der Waals surface area contributed by atoms with Gasteiger partial charge in [0, 0.05) is 18.6 Å². The standard InChI is InChI=1S/C10H9ClF4N2O/c11-1-2-17(6-10(13,14)15)9(18)7-3-8(12)5-16-4-7/h3-5H,1-2,6H2. The molecule has 0 saturated carbocycles. The van der Waals surface area contributed by atoms with E-state index in [4.69, 9.17) is 11.6 Å². The van der Waals surface area contributed by atoms with Crippen LogP contribution in [-0.4, -0.2) is 40.9 Å². The lowest BCUT2D eigenvalue weighted by Crippen LogP contribution is -2.40. The Hall–Kier alpha value is -1.37. The van der Waals surface area contributed by atoms with Crippen molar-refractivity contribution in [2.75, 3.05) is 19.0 Å². The molecule has 0 unspecified atom stereocenters. The molecule has 0 aliphatic heterocycles. The van der Waals surface area contributed by atoms with Gasteiger partial charge in [0.05, 0.1) is 11.8 Å². The molecule has 0 aliphatic rings. The fourth-order valence-electron chi connectivity index (χ4n) is 1.28. The molecule has 0 aromatic carbocycles. The number of hydrogen-bond acceptors (Lipinski definition) is 2. The minimum Gasteiger partial charge on any atom is -0.328 e. The highest BCUT2D eigenvalue weighted by molar-refractivity contribution is 6.18. The molecule has 0 N–H and O–H groups in total. The summed E-state index contributed by atoms with van der Waals surface area (Å²) in [6.07, 6.45) is -2.68. The Labute approximate surface area is 105 Å². The Kier molecular flexibility index (Phi) is 4.89. The van der Waals surface area contributed by atoms with Crippen molar-refractivity contribution in [3.8, 4) is 0 Å². The summed E-state index contributed by atoms with van der Waals surface area (Å²) < 4.78 is 49.6.